The molecule has 1 aliphatic heterocycles. The predicted octanol–water partition coefficient (Wildman–Crippen LogP) is -0.287. The van der Waals surface area contributed by atoms with Crippen LogP contribution in [-0.4, -0.2) is 68.2 Å². The highest BCUT2D eigenvalue weighted by atomic mass is 32.3. The maximum atomic E-state index is 12.8. The summed E-state index contributed by atoms with van der Waals surface area (Å²) in [6.07, 6.45) is 0.545. The Morgan fingerprint density at radius 1 is 1.36 bits per heavy atom. The van der Waals surface area contributed by atoms with E-state index < -0.39 is 20.0 Å². The van der Waals surface area contributed by atoms with Crippen LogP contribution in [0.2, 0.25) is 0 Å². The lowest BCUT2D eigenvalue weighted by Gasteiger charge is -2.32. The quantitative estimate of drug-likeness (QED) is 0.533. The van der Waals surface area contributed by atoms with Gasteiger partial charge in [0.1, 0.15) is 8.42 Å². The fourth-order valence-corrected chi connectivity index (χ4v) is 6.88. The molecular weight excluding hydrogens is 390 g/mol. The van der Waals surface area contributed by atoms with E-state index in [9.17, 15) is 16.8 Å². The van der Waals surface area contributed by atoms with Gasteiger partial charge in [0.2, 0.25) is 10.0 Å². The van der Waals surface area contributed by atoms with Crippen LogP contribution in [0.25, 0.3) is 0 Å². The van der Waals surface area contributed by atoms with Gasteiger partial charge in [0, 0.05) is 52.1 Å². The lowest BCUT2D eigenvalue weighted by atomic mass is 10.1. The molecule has 144 valence electrons. The third-order valence-corrected chi connectivity index (χ3v) is 8.73. The molecule has 0 saturated heterocycles. The Labute approximate surface area is 152 Å². The normalized spacial score (nSPS) is 20.5. The molecule has 0 unspecified atom stereocenters. The van der Waals surface area contributed by atoms with Gasteiger partial charge in [0.05, 0.1) is 6.61 Å². The molecule has 0 bridgehead atoms. The van der Waals surface area contributed by atoms with Crippen molar-refractivity contribution in [1.29, 1.82) is 0 Å². The van der Waals surface area contributed by atoms with Crippen molar-refractivity contribution in [3.63, 3.8) is 0 Å². The van der Waals surface area contributed by atoms with Crippen LogP contribution in [0.5, 0.6) is 0 Å². The Bertz CT molecular complexity index is 790. The van der Waals surface area contributed by atoms with Crippen LogP contribution in [0.1, 0.15) is 18.0 Å². The van der Waals surface area contributed by atoms with Gasteiger partial charge in [-0.2, -0.15) is 4.31 Å². The van der Waals surface area contributed by atoms with Gasteiger partial charge in [0.25, 0.3) is 10.0 Å². The summed E-state index contributed by atoms with van der Waals surface area (Å²) in [5.74, 6) is 0. The summed E-state index contributed by atoms with van der Waals surface area (Å²) in [6.45, 7) is 1.90. The Kier molecular flexibility index (Phi) is 6.95. The van der Waals surface area contributed by atoms with Crippen LogP contribution >= 0.6 is 11.3 Å². The molecule has 2 heterocycles. The molecular formula is C13H23N3O6S3. The number of hydrogen-bond donors (Lipinski definition) is 2. The molecule has 25 heavy (non-hydrogen) atoms. The topological polar surface area (TPSA) is 128 Å². The fraction of sp³-hybridized carbons (Fsp3) is 0.692. The second kappa shape index (κ2) is 8.39. The highest BCUT2D eigenvalue weighted by Crippen LogP contribution is 2.39. The minimum absolute atomic E-state index is 0.0232. The van der Waals surface area contributed by atoms with Gasteiger partial charge in [-0.25, -0.2) is 22.0 Å². The number of ether oxygens (including phenoxy) is 2. The minimum atomic E-state index is -3.97. The first kappa shape index (κ1) is 20.7. The van der Waals surface area contributed by atoms with Crippen molar-refractivity contribution in [1.82, 2.24) is 9.62 Å². The zero-order valence-corrected chi connectivity index (χ0v) is 16.5. The Hall–Kier alpha value is -0.600. The highest BCUT2D eigenvalue weighted by Gasteiger charge is 2.39. The van der Waals surface area contributed by atoms with Gasteiger partial charge < -0.3 is 14.8 Å². The molecule has 1 aromatic heterocycles. The molecule has 2 rings (SSSR count). The van der Waals surface area contributed by atoms with Crippen molar-refractivity contribution < 1.29 is 26.3 Å². The monoisotopic (exact) mass is 413 g/mol. The maximum absolute atomic E-state index is 12.8. The second-order valence-electron chi connectivity index (χ2n) is 5.56. The van der Waals surface area contributed by atoms with Gasteiger partial charge in [-0.05, 0) is 12.5 Å². The average Bonchev–Trinajstić information content (AvgIpc) is 2.98. The fourth-order valence-electron chi connectivity index (χ4n) is 2.57. The largest absolute Gasteiger partial charge is 0.385 e. The predicted molar refractivity (Wildman–Crippen MR) is 93.6 cm³/mol. The van der Waals surface area contributed by atoms with E-state index in [0.717, 1.165) is 0 Å². The summed E-state index contributed by atoms with van der Waals surface area (Å²) in [7, 11) is -4.61. The van der Waals surface area contributed by atoms with Crippen LogP contribution in [0, 0.1) is 0 Å². The number of primary sulfonamides is 1. The number of rotatable bonds is 9. The number of sulfonamides is 2. The molecule has 1 aromatic rings. The lowest BCUT2D eigenvalue weighted by molar-refractivity contribution is 0.181. The molecule has 12 heteroatoms. The van der Waals surface area contributed by atoms with Crippen molar-refractivity contribution in [2.75, 3.05) is 47.1 Å². The van der Waals surface area contributed by atoms with E-state index in [-0.39, 0.29) is 21.0 Å². The number of thiophene rings is 1. The van der Waals surface area contributed by atoms with E-state index >= 15 is 0 Å². The van der Waals surface area contributed by atoms with E-state index in [0.29, 0.717) is 49.6 Å². The summed E-state index contributed by atoms with van der Waals surface area (Å²) in [5.41, 5.74) is 0.438. The van der Waals surface area contributed by atoms with Crippen molar-refractivity contribution in [2.24, 2.45) is 5.14 Å². The lowest BCUT2D eigenvalue weighted by Crippen LogP contribution is -2.44. The zero-order valence-electron chi connectivity index (χ0n) is 14.1. The smallest absolute Gasteiger partial charge is 0.252 e. The maximum Gasteiger partial charge on any atom is 0.252 e. The van der Waals surface area contributed by atoms with Crippen molar-refractivity contribution in [2.45, 2.75) is 20.9 Å². The van der Waals surface area contributed by atoms with Gasteiger partial charge in [-0.1, -0.05) is 0 Å². The number of nitrogens with one attached hydrogen (secondary N) is 1. The molecule has 0 aliphatic carbocycles. The summed E-state index contributed by atoms with van der Waals surface area (Å²) in [4.78, 5) is 0. The Balaban J connectivity index is 2.38. The molecule has 0 saturated carbocycles. The first-order valence-corrected chi connectivity index (χ1v) is 11.4. The summed E-state index contributed by atoms with van der Waals surface area (Å²) in [5, 5.41) is 8.38. The van der Waals surface area contributed by atoms with Crippen LogP contribution in [0.4, 0.5) is 0 Å². The van der Waals surface area contributed by atoms with Gasteiger partial charge >= 0.3 is 0 Å². The summed E-state index contributed by atoms with van der Waals surface area (Å²) >= 11 is 0.690. The van der Waals surface area contributed by atoms with E-state index in [1.807, 2.05) is 0 Å². The second-order valence-corrected chi connectivity index (χ2v) is 10.5. The molecule has 0 fully saturated rings. The molecule has 0 amide bonds. The Morgan fingerprint density at radius 2 is 2.04 bits per heavy atom. The van der Waals surface area contributed by atoms with E-state index in [2.05, 4.69) is 5.32 Å². The van der Waals surface area contributed by atoms with E-state index in [1.54, 1.807) is 14.2 Å². The van der Waals surface area contributed by atoms with Crippen molar-refractivity contribution in [3.8, 4) is 0 Å². The van der Waals surface area contributed by atoms with Gasteiger partial charge in [-0.3, -0.25) is 0 Å². The third-order valence-electron chi connectivity index (χ3n) is 3.77. The molecule has 3 N–H and O–H groups in total. The van der Waals surface area contributed by atoms with Crippen molar-refractivity contribution >= 4 is 31.4 Å². The van der Waals surface area contributed by atoms with Crippen LogP contribution in [0.15, 0.2) is 14.5 Å². The van der Waals surface area contributed by atoms with Crippen LogP contribution < -0.4 is 10.5 Å². The Morgan fingerprint density at radius 3 is 2.64 bits per heavy atom. The molecule has 1 atom stereocenters. The van der Waals surface area contributed by atoms with Gasteiger partial charge in [-0.15, -0.1) is 11.3 Å². The van der Waals surface area contributed by atoms with Crippen molar-refractivity contribution in [3.05, 3.63) is 11.6 Å². The van der Waals surface area contributed by atoms with Crippen LogP contribution in [0.3, 0.4) is 0 Å². The van der Waals surface area contributed by atoms with E-state index in [1.165, 1.54) is 10.4 Å². The molecule has 9 nitrogen and oxygen atoms in total. The molecule has 0 radical (unpaired) electrons. The standard InChI is InChI=1S/C13H23N3O6S3/c1-21-6-3-5-16-9-11(15-4-7-22-2)10-8-12(24(14,17)18)23-13(10)25(16,19)20/h8,11,15H,3-7,9H2,1-2H3,(H2,14,17,18)/t11-/m0/s1. The number of fused-ring (bicyclic) bond motifs is 1. The summed E-state index contributed by atoms with van der Waals surface area (Å²) in [6, 6.07) is 1.02. The third kappa shape index (κ3) is 4.77. The first-order chi connectivity index (χ1) is 11.7. The molecule has 0 spiro atoms. The minimum Gasteiger partial charge on any atom is -0.385 e. The number of nitrogens with two attached hydrogens (primary N) is 1. The summed E-state index contributed by atoms with van der Waals surface area (Å²) < 4.78 is 60.1. The molecule has 1 aliphatic rings. The zero-order chi connectivity index (χ0) is 18.7. The number of methoxy groups -OCH3 is 2. The SMILES string of the molecule is COCCCN1C[C@H](NCCOC)c2cc(S(N)(=O)=O)sc2S1(=O)=O. The number of hydrogen-bond acceptors (Lipinski definition) is 8. The number of nitrogens with zero attached hydrogens (tertiary/aromatic N) is 1. The highest BCUT2D eigenvalue weighted by molar-refractivity contribution is 7.94. The molecule has 0 aromatic carbocycles. The van der Waals surface area contributed by atoms with Gasteiger partial charge in [0.15, 0.2) is 0 Å². The van der Waals surface area contributed by atoms with Crippen LogP contribution in [-0.2, 0) is 29.5 Å². The van der Waals surface area contributed by atoms with E-state index in [4.69, 9.17) is 14.6 Å². The first-order valence-electron chi connectivity index (χ1n) is 7.59. The average molecular weight is 414 g/mol.